The maximum Gasteiger partial charge on any atom is 0.223 e. The average molecular weight is 351 g/mol. The maximum atomic E-state index is 12.3. The largest absolute Gasteiger partial charge is 0.372 e. The van der Waals surface area contributed by atoms with Crippen molar-refractivity contribution in [3.63, 3.8) is 0 Å². The average Bonchev–Trinajstić information content (AvgIpc) is 3.24. The summed E-state index contributed by atoms with van der Waals surface area (Å²) >= 11 is 1.51. The SMILES string of the molecule is Cc1ccc(C(=O)CCC(=O)N2CC[NH+](C[C@H]3CCCO3)CC2)s1. The molecule has 1 atom stereocenters. The molecule has 3 heterocycles. The first-order chi connectivity index (χ1) is 11.6. The molecule has 0 bridgehead atoms. The Bertz CT molecular complexity index is 573. The van der Waals surface area contributed by atoms with Gasteiger partial charge in [-0.1, -0.05) is 0 Å². The van der Waals surface area contributed by atoms with Crippen LogP contribution in [0.4, 0.5) is 0 Å². The zero-order valence-corrected chi connectivity index (χ0v) is 15.2. The van der Waals surface area contributed by atoms with E-state index in [1.54, 1.807) is 0 Å². The highest BCUT2D eigenvalue weighted by Gasteiger charge is 2.27. The van der Waals surface area contributed by atoms with Gasteiger partial charge in [0, 0.05) is 24.3 Å². The van der Waals surface area contributed by atoms with E-state index in [4.69, 9.17) is 4.74 Å². The van der Waals surface area contributed by atoms with Crippen molar-refractivity contribution in [2.45, 2.75) is 38.7 Å². The fourth-order valence-electron chi connectivity index (χ4n) is 3.49. The van der Waals surface area contributed by atoms with Crippen molar-refractivity contribution in [1.29, 1.82) is 0 Å². The van der Waals surface area contributed by atoms with Crippen molar-refractivity contribution in [2.24, 2.45) is 0 Å². The number of piperazine rings is 1. The number of nitrogens with one attached hydrogen (secondary N) is 1. The molecule has 1 aromatic rings. The molecule has 0 aliphatic carbocycles. The molecular weight excluding hydrogens is 324 g/mol. The lowest BCUT2D eigenvalue weighted by Crippen LogP contribution is -3.15. The van der Waals surface area contributed by atoms with Gasteiger partial charge >= 0.3 is 0 Å². The summed E-state index contributed by atoms with van der Waals surface area (Å²) in [7, 11) is 0. The number of nitrogens with zero attached hydrogens (tertiary/aromatic N) is 1. The number of ketones is 1. The molecule has 1 amide bonds. The number of carbonyl (C=O) groups is 2. The van der Waals surface area contributed by atoms with Crippen LogP contribution in [0, 0.1) is 6.92 Å². The molecule has 2 saturated heterocycles. The first-order valence-corrected chi connectivity index (χ1v) is 9.76. The molecule has 5 nitrogen and oxygen atoms in total. The summed E-state index contributed by atoms with van der Waals surface area (Å²) in [6.07, 6.45) is 3.42. The van der Waals surface area contributed by atoms with Crippen LogP contribution in [0.15, 0.2) is 12.1 Å². The number of amides is 1. The summed E-state index contributed by atoms with van der Waals surface area (Å²) in [6.45, 7) is 7.54. The van der Waals surface area contributed by atoms with Gasteiger partial charge in [-0.3, -0.25) is 9.59 Å². The Kier molecular flexibility index (Phi) is 6.03. The number of rotatable bonds is 6. The third-order valence-corrected chi connectivity index (χ3v) is 5.99. The maximum absolute atomic E-state index is 12.3. The Morgan fingerprint density at radius 3 is 2.71 bits per heavy atom. The first kappa shape index (κ1) is 17.6. The molecule has 3 rings (SSSR count). The van der Waals surface area contributed by atoms with Crippen molar-refractivity contribution >= 4 is 23.0 Å². The van der Waals surface area contributed by atoms with Crippen LogP contribution < -0.4 is 4.90 Å². The van der Waals surface area contributed by atoms with E-state index >= 15 is 0 Å². The van der Waals surface area contributed by atoms with Crippen LogP contribution in [0.1, 0.15) is 40.2 Å². The van der Waals surface area contributed by atoms with Gasteiger partial charge in [-0.25, -0.2) is 0 Å². The van der Waals surface area contributed by atoms with Gasteiger partial charge < -0.3 is 14.5 Å². The molecule has 0 spiro atoms. The standard InChI is InChI=1S/C18H26N2O3S/c1-14-4-6-17(24-14)16(21)5-7-18(22)20-10-8-19(9-11-20)13-15-3-2-12-23-15/h4,6,15H,2-3,5,7-13H2,1H3/p+1/t15-/m1/s1. The number of Topliss-reactive ketones (excluding diaryl/α,β-unsaturated/α-hetero) is 1. The highest BCUT2D eigenvalue weighted by Crippen LogP contribution is 2.17. The molecule has 2 aliphatic rings. The minimum absolute atomic E-state index is 0.0871. The van der Waals surface area contributed by atoms with Crippen molar-refractivity contribution in [3.8, 4) is 0 Å². The smallest absolute Gasteiger partial charge is 0.223 e. The number of hydrogen-bond donors (Lipinski definition) is 1. The molecule has 0 saturated carbocycles. The summed E-state index contributed by atoms with van der Waals surface area (Å²) in [4.78, 5) is 29.8. The molecule has 0 radical (unpaired) electrons. The van der Waals surface area contributed by atoms with Crippen LogP contribution in [-0.2, 0) is 9.53 Å². The van der Waals surface area contributed by atoms with E-state index in [0.29, 0.717) is 18.9 Å². The fraction of sp³-hybridized carbons (Fsp3) is 0.667. The molecule has 2 aliphatic heterocycles. The van der Waals surface area contributed by atoms with E-state index in [1.807, 2.05) is 24.0 Å². The number of aryl methyl sites for hydroxylation is 1. The van der Waals surface area contributed by atoms with Crippen LogP contribution in [0.25, 0.3) is 0 Å². The highest BCUT2D eigenvalue weighted by molar-refractivity contribution is 7.14. The van der Waals surface area contributed by atoms with Gasteiger partial charge in [0.25, 0.3) is 0 Å². The van der Waals surface area contributed by atoms with Gasteiger partial charge in [-0.2, -0.15) is 0 Å². The molecule has 24 heavy (non-hydrogen) atoms. The Hall–Kier alpha value is -1.24. The summed E-state index contributed by atoms with van der Waals surface area (Å²) < 4.78 is 5.70. The summed E-state index contributed by atoms with van der Waals surface area (Å²) in [5.74, 6) is 0.205. The zero-order valence-electron chi connectivity index (χ0n) is 14.4. The fourth-order valence-corrected chi connectivity index (χ4v) is 4.32. The Morgan fingerprint density at radius 2 is 2.08 bits per heavy atom. The molecule has 0 unspecified atom stereocenters. The summed E-state index contributed by atoms with van der Waals surface area (Å²) in [5, 5.41) is 0. The van der Waals surface area contributed by atoms with Gasteiger partial charge in [-0.15, -0.1) is 11.3 Å². The summed E-state index contributed by atoms with van der Waals surface area (Å²) in [5.41, 5.74) is 0. The van der Waals surface area contributed by atoms with Gasteiger partial charge in [0.05, 0.1) is 31.1 Å². The summed E-state index contributed by atoms with van der Waals surface area (Å²) in [6, 6.07) is 3.82. The van der Waals surface area contributed by atoms with Crippen molar-refractivity contribution in [3.05, 3.63) is 21.9 Å². The molecular formula is C18H27N2O3S+. The van der Waals surface area contributed by atoms with Crippen LogP contribution >= 0.6 is 11.3 Å². The third-order valence-electron chi connectivity index (χ3n) is 4.94. The normalized spacial score (nSPS) is 22.0. The monoisotopic (exact) mass is 351 g/mol. The second-order valence-electron chi connectivity index (χ2n) is 6.80. The van der Waals surface area contributed by atoms with E-state index in [0.717, 1.165) is 49.1 Å². The Balaban J connectivity index is 1.38. The van der Waals surface area contributed by atoms with Crippen molar-refractivity contribution in [1.82, 2.24) is 4.90 Å². The Labute approximate surface area is 147 Å². The lowest BCUT2D eigenvalue weighted by atomic mass is 10.1. The molecule has 1 aromatic heterocycles. The van der Waals surface area contributed by atoms with E-state index in [9.17, 15) is 9.59 Å². The van der Waals surface area contributed by atoms with Crippen molar-refractivity contribution in [2.75, 3.05) is 39.3 Å². The molecule has 6 heteroatoms. The third kappa shape index (κ3) is 4.65. The van der Waals surface area contributed by atoms with Crippen LogP contribution in [0.5, 0.6) is 0 Å². The predicted molar refractivity (Wildman–Crippen MR) is 93.7 cm³/mol. The lowest BCUT2D eigenvalue weighted by molar-refractivity contribution is -0.906. The van der Waals surface area contributed by atoms with Gasteiger partial charge in [0.15, 0.2) is 5.78 Å². The van der Waals surface area contributed by atoms with E-state index < -0.39 is 0 Å². The van der Waals surface area contributed by atoms with Crippen LogP contribution in [0.2, 0.25) is 0 Å². The number of carbonyl (C=O) groups excluding carboxylic acids is 2. The highest BCUT2D eigenvalue weighted by atomic mass is 32.1. The van der Waals surface area contributed by atoms with E-state index in [-0.39, 0.29) is 11.7 Å². The number of ether oxygens (including phenoxy) is 1. The second-order valence-corrected chi connectivity index (χ2v) is 8.09. The molecule has 132 valence electrons. The van der Waals surface area contributed by atoms with E-state index in [1.165, 1.54) is 29.1 Å². The van der Waals surface area contributed by atoms with Gasteiger partial charge in [-0.05, 0) is 31.9 Å². The number of thiophene rings is 1. The van der Waals surface area contributed by atoms with Gasteiger partial charge in [0.2, 0.25) is 5.91 Å². The number of hydrogen-bond acceptors (Lipinski definition) is 4. The minimum atomic E-state index is 0.0871. The first-order valence-electron chi connectivity index (χ1n) is 8.94. The molecule has 1 N–H and O–H groups in total. The lowest BCUT2D eigenvalue weighted by Gasteiger charge is -2.33. The van der Waals surface area contributed by atoms with Gasteiger partial charge in [0.1, 0.15) is 12.6 Å². The quantitative estimate of drug-likeness (QED) is 0.776. The van der Waals surface area contributed by atoms with Crippen molar-refractivity contribution < 1.29 is 19.2 Å². The Morgan fingerprint density at radius 1 is 1.29 bits per heavy atom. The zero-order chi connectivity index (χ0) is 16.9. The molecule has 2 fully saturated rings. The van der Waals surface area contributed by atoms with Crippen LogP contribution in [0.3, 0.4) is 0 Å². The topological polar surface area (TPSA) is 51.0 Å². The van der Waals surface area contributed by atoms with Crippen LogP contribution in [-0.4, -0.2) is 62.0 Å². The van der Waals surface area contributed by atoms with E-state index in [2.05, 4.69) is 0 Å². The number of quaternary nitrogens is 1. The second kappa shape index (κ2) is 8.23. The minimum Gasteiger partial charge on any atom is -0.372 e. The predicted octanol–water partition coefficient (Wildman–Crippen LogP) is 0.926. The molecule has 0 aromatic carbocycles.